The third-order valence-electron chi connectivity index (χ3n) is 2.87. The number of nitrogens with zero attached hydrogens (tertiary/aromatic N) is 1. The van der Waals surface area contributed by atoms with Crippen molar-refractivity contribution in [2.24, 2.45) is 0 Å². The lowest BCUT2D eigenvalue weighted by molar-refractivity contribution is -0.139. The monoisotopic (exact) mass is 281 g/mol. The predicted octanol–water partition coefficient (Wildman–Crippen LogP) is 1.68. The van der Waals surface area contributed by atoms with Crippen molar-refractivity contribution in [1.29, 1.82) is 0 Å². The van der Waals surface area contributed by atoms with Crippen LogP contribution >= 0.6 is 0 Å². The maximum Gasteiger partial charge on any atom is 0.326 e. The van der Waals surface area contributed by atoms with Gasteiger partial charge in [-0.15, -0.1) is 6.58 Å². The molecule has 0 fully saturated rings. The number of carboxylic acids is 1. The minimum atomic E-state index is -1.11. The van der Waals surface area contributed by atoms with Crippen LogP contribution in [0.1, 0.15) is 36.4 Å². The number of urea groups is 1. The zero-order chi connectivity index (χ0) is 15.3. The normalized spacial score (nSPS) is 13.3. The Kier molecular flexibility index (Phi) is 5.31. The summed E-state index contributed by atoms with van der Waals surface area (Å²) in [5.74, 6) is -0.485. The number of carbonyl (C=O) groups excluding carboxylic acids is 1. The quantitative estimate of drug-likeness (QED) is 0.688. The van der Waals surface area contributed by atoms with Crippen molar-refractivity contribution in [2.75, 3.05) is 0 Å². The van der Waals surface area contributed by atoms with E-state index < -0.39 is 18.0 Å². The smallest absolute Gasteiger partial charge is 0.326 e. The molecule has 1 rings (SSSR count). The molecule has 2 unspecified atom stereocenters. The van der Waals surface area contributed by atoms with Crippen molar-refractivity contribution in [1.82, 2.24) is 15.8 Å². The van der Waals surface area contributed by atoms with Gasteiger partial charge in [0.15, 0.2) is 0 Å². The van der Waals surface area contributed by atoms with Gasteiger partial charge in [-0.2, -0.15) is 0 Å². The standard InChI is InChI=1S/C13H19N3O4/c1-5-6-10(12(17)18)15-13(19)14-7(2)11-8(3)16-20-9(11)4/h5,7,10H,1,6H2,2-4H3,(H,17,18)(H2,14,15,19). The van der Waals surface area contributed by atoms with Crippen LogP contribution < -0.4 is 10.6 Å². The van der Waals surface area contributed by atoms with E-state index in [1.54, 1.807) is 20.8 Å². The van der Waals surface area contributed by atoms with Crippen molar-refractivity contribution >= 4 is 12.0 Å². The molecule has 0 saturated carbocycles. The van der Waals surface area contributed by atoms with Gasteiger partial charge in [-0.05, 0) is 27.2 Å². The number of amides is 2. The number of hydrogen-bond donors (Lipinski definition) is 3. The Morgan fingerprint density at radius 3 is 2.55 bits per heavy atom. The first-order valence-electron chi connectivity index (χ1n) is 6.20. The molecular formula is C13H19N3O4. The summed E-state index contributed by atoms with van der Waals surface area (Å²) < 4.78 is 5.03. The topological polar surface area (TPSA) is 104 Å². The van der Waals surface area contributed by atoms with E-state index in [1.807, 2.05) is 0 Å². The van der Waals surface area contributed by atoms with Crippen LogP contribution in [0.5, 0.6) is 0 Å². The lowest BCUT2D eigenvalue weighted by Crippen LogP contribution is -2.46. The average molecular weight is 281 g/mol. The Bertz CT molecular complexity index is 490. The second-order valence-electron chi connectivity index (χ2n) is 4.49. The fourth-order valence-electron chi connectivity index (χ4n) is 1.97. The van der Waals surface area contributed by atoms with Crippen molar-refractivity contribution in [3.05, 3.63) is 29.7 Å². The molecule has 7 heteroatoms. The number of carboxylic acid groups (broad SMARTS) is 1. The molecule has 1 aromatic heterocycles. The number of aryl methyl sites for hydroxylation is 2. The second kappa shape index (κ2) is 6.74. The van der Waals surface area contributed by atoms with Crippen LogP contribution in [0.15, 0.2) is 17.2 Å². The van der Waals surface area contributed by atoms with Crippen molar-refractivity contribution in [3.8, 4) is 0 Å². The maximum atomic E-state index is 11.8. The van der Waals surface area contributed by atoms with Crippen LogP contribution in [0.25, 0.3) is 0 Å². The summed E-state index contributed by atoms with van der Waals surface area (Å²) in [6.45, 7) is 8.76. The number of nitrogens with one attached hydrogen (secondary N) is 2. The van der Waals surface area contributed by atoms with Gasteiger partial charge in [0.1, 0.15) is 11.8 Å². The van der Waals surface area contributed by atoms with Crippen LogP contribution in [0, 0.1) is 13.8 Å². The van der Waals surface area contributed by atoms with Gasteiger partial charge in [0.2, 0.25) is 0 Å². The molecule has 0 aliphatic carbocycles. The number of aromatic nitrogens is 1. The Hall–Kier alpha value is -2.31. The molecule has 20 heavy (non-hydrogen) atoms. The van der Waals surface area contributed by atoms with Crippen LogP contribution in [-0.2, 0) is 4.79 Å². The number of hydrogen-bond acceptors (Lipinski definition) is 4. The van der Waals surface area contributed by atoms with Crippen molar-refractivity contribution in [2.45, 2.75) is 39.3 Å². The summed E-state index contributed by atoms with van der Waals surface area (Å²) in [6.07, 6.45) is 1.60. The van der Waals surface area contributed by atoms with E-state index in [2.05, 4.69) is 22.4 Å². The zero-order valence-electron chi connectivity index (χ0n) is 11.8. The molecule has 1 heterocycles. The molecule has 2 atom stereocenters. The van der Waals surface area contributed by atoms with Gasteiger partial charge in [0, 0.05) is 5.56 Å². The minimum absolute atomic E-state index is 0.155. The Morgan fingerprint density at radius 2 is 2.10 bits per heavy atom. The molecule has 0 saturated heterocycles. The fraction of sp³-hybridized carbons (Fsp3) is 0.462. The van der Waals surface area contributed by atoms with Gasteiger partial charge in [0.25, 0.3) is 0 Å². The first kappa shape index (κ1) is 15.7. The molecule has 3 N–H and O–H groups in total. The maximum absolute atomic E-state index is 11.8. The van der Waals surface area contributed by atoms with E-state index in [1.165, 1.54) is 6.08 Å². The third-order valence-corrected chi connectivity index (χ3v) is 2.87. The van der Waals surface area contributed by atoms with Crippen LogP contribution in [0.4, 0.5) is 4.79 Å². The summed E-state index contributed by atoms with van der Waals surface area (Å²) in [7, 11) is 0. The highest BCUT2D eigenvalue weighted by molar-refractivity contribution is 5.82. The van der Waals surface area contributed by atoms with Gasteiger partial charge >= 0.3 is 12.0 Å². The molecule has 7 nitrogen and oxygen atoms in total. The minimum Gasteiger partial charge on any atom is -0.480 e. The molecule has 1 aromatic rings. The highest BCUT2D eigenvalue weighted by Gasteiger charge is 2.22. The molecular weight excluding hydrogens is 262 g/mol. The summed E-state index contributed by atoms with van der Waals surface area (Å²) in [5.41, 5.74) is 1.48. The van der Waals surface area contributed by atoms with Crippen LogP contribution in [0.2, 0.25) is 0 Å². The molecule has 0 aromatic carbocycles. The largest absolute Gasteiger partial charge is 0.480 e. The number of carbonyl (C=O) groups is 2. The lowest BCUT2D eigenvalue weighted by atomic mass is 10.1. The average Bonchev–Trinajstić information content (AvgIpc) is 2.68. The van der Waals surface area contributed by atoms with Gasteiger partial charge < -0.3 is 20.3 Å². The predicted molar refractivity (Wildman–Crippen MR) is 72.3 cm³/mol. The Labute approximate surface area is 117 Å². The van der Waals surface area contributed by atoms with E-state index in [0.29, 0.717) is 11.5 Å². The van der Waals surface area contributed by atoms with E-state index in [4.69, 9.17) is 9.63 Å². The van der Waals surface area contributed by atoms with Gasteiger partial charge in [-0.25, -0.2) is 9.59 Å². The fourth-order valence-corrected chi connectivity index (χ4v) is 1.97. The summed E-state index contributed by atoms with van der Waals surface area (Å²) in [6, 6.07) is -1.89. The first-order valence-corrected chi connectivity index (χ1v) is 6.20. The highest BCUT2D eigenvalue weighted by Crippen LogP contribution is 2.20. The molecule has 0 radical (unpaired) electrons. The third kappa shape index (κ3) is 3.84. The van der Waals surface area contributed by atoms with E-state index >= 15 is 0 Å². The zero-order valence-corrected chi connectivity index (χ0v) is 11.8. The lowest BCUT2D eigenvalue weighted by Gasteiger charge is -2.17. The van der Waals surface area contributed by atoms with Crippen LogP contribution in [-0.4, -0.2) is 28.3 Å². The van der Waals surface area contributed by atoms with Crippen molar-refractivity contribution in [3.63, 3.8) is 0 Å². The molecule has 0 bridgehead atoms. The molecule has 2 amide bonds. The molecule has 0 spiro atoms. The SMILES string of the molecule is C=CCC(NC(=O)NC(C)c1c(C)noc1C)C(=O)O. The highest BCUT2D eigenvalue weighted by atomic mass is 16.5. The molecule has 110 valence electrons. The molecule has 0 aliphatic heterocycles. The Balaban J connectivity index is 2.66. The second-order valence-corrected chi connectivity index (χ2v) is 4.49. The summed E-state index contributed by atoms with van der Waals surface area (Å²) >= 11 is 0. The van der Waals surface area contributed by atoms with Gasteiger partial charge in [-0.3, -0.25) is 0 Å². The van der Waals surface area contributed by atoms with Crippen LogP contribution in [0.3, 0.4) is 0 Å². The van der Waals surface area contributed by atoms with E-state index in [0.717, 1.165) is 5.56 Å². The van der Waals surface area contributed by atoms with Gasteiger partial charge in [-0.1, -0.05) is 11.2 Å². The number of rotatable bonds is 6. The van der Waals surface area contributed by atoms with E-state index in [9.17, 15) is 9.59 Å². The first-order chi connectivity index (χ1) is 9.36. The van der Waals surface area contributed by atoms with E-state index in [-0.39, 0.29) is 12.5 Å². The van der Waals surface area contributed by atoms with Crippen molar-refractivity contribution < 1.29 is 19.2 Å². The Morgan fingerprint density at radius 1 is 1.45 bits per heavy atom. The summed E-state index contributed by atoms with van der Waals surface area (Å²) in [4.78, 5) is 22.7. The number of aliphatic carboxylic acids is 1. The summed E-state index contributed by atoms with van der Waals surface area (Å²) in [5, 5.41) is 17.8. The van der Waals surface area contributed by atoms with Gasteiger partial charge in [0.05, 0.1) is 11.7 Å². The molecule has 0 aliphatic rings.